The van der Waals surface area contributed by atoms with Gasteiger partial charge in [-0.2, -0.15) is 0 Å². The summed E-state index contributed by atoms with van der Waals surface area (Å²) in [5.74, 6) is 0. The molecule has 3 heteroatoms. The summed E-state index contributed by atoms with van der Waals surface area (Å²) in [6, 6.07) is 5.23. The Balaban J connectivity index is 2.94. The first kappa shape index (κ1) is 10.6. The van der Waals surface area contributed by atoms with E-state index >= 15 is 0 Å². The molecule has 0 unspecified atom stereocenters. The van der Waals surface area contributed by atoms with Gasteiger partial charge in [-0.05, 0) is 24.1 Å². The molecule has 0 heterocycles. The quantitative estimate of drug-likeness (QED) is 0.768. The largest absolute Gasteiger partial charge is 0.324 e. The number of benzene rings is 1. The van der Waals surface area contributed by atoms with E-state index in [0.717, 1.165) is 5.56 Å². The van der Waals surface area contributed by atoms with Gasteiger partial charge in [-0.1, -0.05) is 35.3 Å². The first-order valence-corrected chi connectivity index (χ1v) is 4.72. The highest BCUT2D eigenvalue weighted by molar-refractivity contribution is 6.35. The Labute approximate surface area is 88.1 Å². The van der Waals surface area contributed by atoms with Gasteiger partial charge in [0.15, 0.2) is 0 Å². The van der Waals surface area contributed by atoms with Gasteiger partial charge >= 0.3 is 0 Å². The fraction of sp³-hybridized carbons (Fsp3) is 0.200. The van der Waals surface area contributed by atoms with Crippen molar-refractivity contribution in [3.05, 3.63) is 46.5 Å². The SMILES string of the molecule is C=CC[C@@H](N)c1ccc(Cl)cc1Cl. The zero-order valence-corrected chi connectivity index (χ0v) is 8.65. The molecule has 0 saturated carbocycles. The van der Waals surface area contributed by atoms with Crippen LogP contribution in [-0.2, 0) is 0 Å². The Kier molecular flexibility index (Phi) is 3.79. The molecule has 1 aromatic rings. The van der Waals surface area contributed by atoms with Crippen molar-refractivity contribution in [2.45, 2.75) is 12.5 Å². The van der Waals surface area contributed by atoms with Crippen molar-refractivity contribution < 1.29 is 0 Å². The maximum atomic E-state index is 5.96. The van der Waals surface area contributed by atoms with Crippen LogP contribution in [0.1, 0.15) is 18.0 Å². The third-order valence-corrected chi connectivity index (χ3v) is 2.34. The molecular formula is C10H11Cl2N. The highest BCUT2D eigenvalue weighted by atomic mass is 35.5. The predicted octanol–water partition coefficient (Wildman–Crippen LogP) is 3.57. The molecule has 1 rings (SSSR count). The average molecular weight is 216 g/mol. The minimum atomic E-state index is -0.0951. The monoisotopic (exact) mass is 215 g/mol. The van der Waals surface area contributed by atoms with Crippen LogP contribution in [0.3, 0.4) is 0 Å². The Bertz CT molecular complexity index is 310. The fourth-order valence-corrected chi connectivity index (χ4v) is 1.66. The van der Waals surface area contributed by atoms with Crippen LogP contribution >= 0.6 is 23.2 Å². The van der Waals surface area contributed by atoms with Crippen LogP contribution in [0.25, 0.3) is 0 Å². The number of halogens is 2. The van der Waals surface area contributed by atoms with Crippen molar-refractivity contribution in [2.24, 2.45) is 5.73 Å². The molecule has 0 bridgehead atoms. The lowest BCUT2D eigenvalue weighted by Crippen LogP contribution is -2.09. The molecule has 0 aliphatic rings. The van der Waals surface area contributed by atoms with Gasteiger partial charge < -0.3 is 5.73 Å². The van der Waals surface area contributed by atoms with E-state index in [1.807, 2.05) is 6.07 Å². The minimum Gasteiger partial charge on any atom is -0.324 e. The van der Waals surface area contributed by atoms with Crippen molar-refractivity contribution in [3.8, 4) is 0 Å². The topological polar surface area (TPSA) is 26.0 Å². The molecule has 70 valence electrons. The summed E-state index contributed by atoms with van der Waals surface area (Å²) in [5, 5.41) is 1.24. The van der Waals surface area contributed by atoms with Gasteiger partial charge in [-0.15, -0.1) is 6.58 Å². The van der Waals surface area contributed by atoms with E-state index in [9.17, 15) is 0 Å². The van der Waals surface area contributed by atoms with Crippen molar-refractivity contribution in [2.75, 3.05) is 0 Å². The molecule has 0 aliphatic heterocycles. The zero-order valence-electron chi connectivity index (χ0n) is 7.13. The van der Waals surface area contributed by atoms with Crippen LogP contribution < -0.4 is 5.73 Å². The molecule has 0 radical (unpaired) electrons. The van der Waals surface area contributed by atoms with Crippen molar-refractivity contribution in [1.29, 1.82) is 0 Å². The normalized spacial score (nSPS) is 12.5. The highest BCUT2D eigenvalue weighted by Crippen LogP contribution is 2.26. The summed E-state index contributed by atoms with van der Waals surface area (Å²) < 4.78 is 0. The lowest BCUT2D eigenvalue weighted by atomic mass is 10.1. The average Bonchev–Trinajstić information content (AvgIpc) is 2.04. The molecule has 2 N–H and O–H groups in total. The summed E-state index contributed by atoms with van der Waals surface area (Å²) in [4.78, 5) is 0. The van der Waals surface area contributed by atoms with Gasteiger partial charge in [0.05, 0.1) is 0 Å². The van der Waals surface area contributed by atoms with E-state index in [0.29, 0.717) is 16.5 Å². The van der Waals surface area contributed by atoms with Gasteiger partial charge in [-0.25, -0.2) is 0 Å². The lowest BCUT2D eigenvalue weighted by Gasteiger charge is -2.11. The summed E-state index contributed by atoms with van der Waals surface area (Å²) in [6.45, 7) is 3.62. The second kappa shape index (κ2) is 4.66. The Morgan fingerprint density at radius 3 is 2.69 bits per heavy atom. The molecule has 1 atom stereocenters. The Morgan fingerprint density at radius 1 is 1.46 bits per heavy atom. The standard InChI is InChI=1S/C10H11Cl2N/c1-2-3-10(13)8-5-4-7(11)6-9(8)12/h2,4-6,10H,1,3,13H2/t10-/m1/s1. The van der Waals surface area contributed by atoms with E-state index in [2.05, 4.69) is 6.58 Å². The third kappa shape index (κ3) is 2.73. The van der Waals surface area contributed by atoms with E-state index < -0.39 is 0 Å². The Morgan fingerprint density at radius 2 is 2.15 bits per heavy atom. The van der Waals surface area contributed by atoms with Crippen LogP contribution in [0.5, 0.6) is 0 Å². The summed E-state index contributed by atoms with van der Waals surface area (Å²) >= 11 is 11.7. The van der Waals surface area contributed by atoms with Gasteiger partial charge in [0.25, 0.3) is 0 Å². The zero-order chi connectivity index (χ0) is 9.84. The van der Waals surface area contributed by atoms with E-state index in [-0.39, 0.29) is 6.04 Å². The van der Waals surface area contributed by atoms with E-state index in [1.54, 1.807) is 18.2 Å². The highest BCUT2D eigenvalue weighted by Gasteiger charge is 2.08. The number of rotatable bonds is 3. The molecular weight excluding hydrogens is 205 g/mol. The second-order valence-electron chi connectivity index (χ2n) is 2.80. The van der Waals surface area contributed by atoms with E-state index in [1.165, 1.54) is 0 Å². The maximum absolute atomic E-state index is 5.96. The molecule has 0 aliphatic carbocycles. The first-order valence-electron chi connectivity index (χ1n) is 3.96. The Hall–Kier alpha value is -0.500. The second-order valence-corrected chi connectivity index (χ2v) is 3.64. The van der Waals surface area contributed by atoms with Crippen LogP contribution in [0.4, 0.5) is 0 Å². The number of hydrogen-bond acceptors (Lipinski definition) is 1. The van der Waals surface area contributed by atoms with Crippen molar-refractivity contribution in [1.82, 2.24) is 0 Å². The minimum absolute atomic E-state index is 0.0951. The van der Waals surface area contributed by atoms with Gasteiger partial charge in [0.1, 0.15) is 0 Å². The predicted molar refractivity (Wildman–Crippen MR) is 58.2 cm³/mol. The van der Waals surface area contributed by atoms with Gasteiger partial charge in [0.2, 0.25) is 0 Å². The van der Waals surface area contributed by atoms with E-state index in [4.69, 9.17) is 28.9 Å². The molecule has 13 heavy (non-hydrogen) atoms. The molecule has 0 amide bonds. The summed E-state index contributed by atoms with van der Waals surface area (Å²) in [6.07, 6.45) is 2.48. The maximum Gasteiger partial charge on any atom is 0.0468 e. The third-order valence-electron chi connectivity index (χ3n) is 1.78. The summed E-state index contributed by atoms with van der Waals surface area (Å²) in [7, 11) is 0. The van der Waals surface area contributed by atoms with Crippen LogP contribution in [0, 0.1) is 0 Å². The van der Waals surface area contributed by atoms with Crippen molar-refractivity contribution in [3.63, 3.8) is 0 Å². The van der Waals surface area contributed by atoms with Crippen LogP contribution in [0.15, 0.2) is 30.9 Å². The smallest absolute Gasteiger partial charge is 0.0468 e. The van der Waals surface area contributed by atoms with Gasteiger partial charge in [-0.3, -0.25) is 0 Å². The van der Waals surface area contributed by atoms with Crippen molar-refractivity contribution >= 4 is 23.2 Å². The number of nitrogens with two attached hydrogens (primary N) is 1. The molecule has 1 aromatic carbocycles. The molecule has 1 nitrogen and oxygen atoms in total. The molecule has 0 aromatic heterocycles. The number of hydrogen-bond donors (Lipinski definition) is 1. The molecule has 0 fully saturated rings. The van der Waals surface area contributed by atoms with Crippen LogP contribution in [0.2, 0.25) is 10.0 Å². The first-order chi connectivity index (χ1) is 6.15. The molecule has 0 spiro atoms. The lowest BCUT2D eigenvalue weighted by molar-refractivity contribution is 0.742. The van der Waals surface area contributed by atoms with Crippen LogP contribution in [-0.4, -0.2) is 0 Å². The fourth-order valence-electron chi connectivity index (χ4n) is 1.11. The summed E-state index contributed by atoms with van der Waals surface area (Å²) in [5.41, 5.74) is 6.77. The molecule has 0 saturated heterocycles. The van der Waals surface area contributed by atoms with Gasteiger partial charge in [0, 0.05) is 16.1 Å².